The highest BCUT2D eigenvalue weighted by Gasteiger charge is 2.17. The number of benzene rings is 1. The van der Waals surface area contributed by atoms with Gasteiger partial charge in [-0.05, 0) is 31.7 Å². The van der Waals surface area contributed by atoms with Crippen LogP contribution < -0.4 is 14.8 Å². The first kappa shape index (κ1) is 18.0. The standard InChI is InChI=1S/C19H29N3O3/c1-15(16-4-5-17-18(14-16)25-13-3-12-24-17)20-19(23)6-7-22-10-8-21(2)9-11-22/h4-5,14-15H,3,6-13H2,1-2H3,(H,20,23). The van der Waals surface area contributed by atoms with E-state index >= 15 is 0 Å². The number of likely N-dealkylation sites (N-methyl/N-ethyl adjacent to an activating group) is 1. The molecule has 1 amide bonds. The Morgan fingerprint density at radius 1 is 1.16 bits per heavy atom. The zero-order chi connectivity index (χ0) is 17.6. The van der Waals surface area contributed by atoms with Crippen LogP contribution >= 0.6 is 0 Å². The van der Waals surface area contributed by atoms with Crippen LogP contribution in [0.25, 0.3) is 0 Å². The van der Waals surface area contributed by atoms with Gasteiger partial charge in [0.05, 0.1) is 19.3 Å². The third kappa shape index (κ3) is 5.09. The van der Waals surface area contributed by atoms with Gasteiger partial charge in [0.15, 0.2) is 11.5 Å². The van der Waals surface area contributed by atoms with E-state index in [0.29, 0.717) is 19.6 Å². The maximum Gasteiger partial charge on any atom is 0.221 e. The average Bonchev–Trinajstić information content (AvgIpc) is 2.86. The van der Waals surface area contributed by atoms with Gasteiger partial charge in [0.2, 0.25) is 5.91 Å². The van der Waals surface area contributed by atoms with Crippen LogP contribution in [0.1, 0.15) is 31.4 Å². The van der Waals surface area contributed by atoms with Gasteiger partial charge in [-0.2, -0.15) is 0 Å². The molecule has 1 N–H and O–H groups in total. The minimum absolute atomic E-state index is 0.0443. The molecule has 2 aliphatic heterocycles. The lowest BCUT2D eigenvalue weighted by Gasteiger charge is -2.32. The smallest absolute Gasteiger partial charge is 0.221 e. The second-order valence-electron chi connectivity index (χ2n) is 6.94. The second kappa shape index (κ2) is 8.54. The Balaban J connectivity index is 1.49. The first-order valence-corrected chi connectivity index (χ1v) is 9.21. The molecule has 1 fully saturated rings. The van der Waals surface area contributed by atoms with Crippen LogP contribution in [0.5, 0.6) is 11.5 Å². The number of carbonyl (C=O) groups excluding carboxylic acids is 1. The summed E-state index contributed by atoms with van der Waals surface area (Å²) < 4.78 is 11.4. The predicted molar refractivity (Wildman–Crippen MR) is 97.2 cm³/mol. The predicted octanol–water partition coefficient (Wildman–Crippen LogP) is 1.66. The van der Waals surface area contributed by atoms with Crippen LogP contribution in [0, 0.1) is 0 Å². The molecule has 6 heteroatoms. The second-order valence-corrected chi connectivity index (χ2v) is 6.94. The number of piperazine rings is 1. The molecule has 0 aromatic heterocycles. The van der Waals surface area contributed by atoms with Crippen molar-refractivity contribution in [1.29, 1.82) is 0 Å². The molecule has 1 atom stereocenters. The van der Waals surface area contributed by atoms with Gasteiger partial charge in [-0.3, -0.25) is 4.79 Å². The molecule has 1 aromatic carbocycles. The quantitative estimate of drug-likeness (QED) is 0.878. The number of carbonyl (C=O) groups is 1. The third-order valence-electron chi connectivity index (χ3n) is 4.90. The van der Waals surface area contributed by atoms with Crippen LogP contribution in [-0.4, -0.2) is 68.7 Å². The van der Waals surface area contributed by atoms with Crippen molar-refractivity contribution in [2.45, 2.75) is 25.8 Å². The van der Waals surface area contributed by atoms with E-state index in [1.165, 1.54) is 0 Å². The van der Waals surface area contributed by atoms with Crippen molar-refractivity contribution >= 4 is 5.91 Å². The summed E-state index contributed by atoms with van der Waals surface area (Å²) in [4.78, 5) is 17.0. The van der Waals surface area contributed by atoms with Gasteiger partial charge in [-0.15, -0.1) is 0 Å². The molecule has 0 saturated carbocycles. The van der Waals surface area contributed by atoms with Gasteiger partial charge in [0.1, 0.15) is 0 Å². The Kier molecular flexibility index (Phi) is 6.15. The van der Waals surface area contributed by atoms with Crippen molar-refractivity contribution in [2.75, 3.05) is 53.0 Å². The van der Waals surface area contributed by atoms with Crippen LogP contribution in [-0.2, 0) is 4.79 Å². The van der Waals surface area contributed by atoms with Crippen molar-refractivity contribution in [1.82, 2.24) is 15.1 Å². The monoisotopic (exact) mass is 347 g/mol. The van der Waals surface area contributed by atoms with Gasteiger partial charge in [-0.1, -0.05) is 6.07 Å². The Labute approximate surface area is 150 Å². The van der Waals surface area contributed by atoms with Crippen LogP contribution in [0.4, 0.5) is 0 Å². The van der Waals surface area contributed by atoms with E-state index in [2.05, 4.69) is 22.2 Å². The maximum atomic E-state index is 12.3. The molecular formula is C19H29N3O3. The summed E-state index contributed by atoms with van der Waals surface area (Å²) in [5.41, 5.74) is 1.04. The number of fused-ring (bicyclic) bond motifs is 1. The zero-order valence-electron chi connectivity index (χ0n) is 15.3. The summed E-state index contributed by atoms with van der Waals surface area (Å²) in [5, 5.41) is 3.09. The van der Waals surface area contributed by atoms with Crippen LogP contribution in [0.15, 0.2) is 18.2 Å². The molecule has 0 bridgehead atoms. The molecule has 2 aliphatic rings. The summed E-state index contributed by atoms with van der Waals surface area (Å²) in [6.45, 7) is 8.43. The fraction of sp³-hybridized carbons (Fsp3) is 0.632. The van der Waals surface area contributed by atoms with Crippen molar-refractivity contribution in [3.8, 4) is 11.5 Å². The van der Waals surface area contributed by atoms with Crippen molar-refractivity contribution in [2.24, 2.45) is 0 Å². The number of hydrogen-bond donors (Lipinski definition) is 1. The fourth-order valence-corrected chi connectivity index (χ4v) is 3.18. The number of nitrogens with zero attached hydrogens (tertiary/aromatic N) is 2. The van der Waals surface area contributed by atoms with Crippen molar-refractivity contribution in [3.05, 3.63) is 23.8 Å². The van der Waals surface area contributed by atoms with E-state index in [1.54, 1.807) is 0 Å². The molecule has 6 nitrogen and oxygen atoms in total. The normalized spacial score (nSPS) is 19.9. The summed E-state index contributed by atoms with van der Waals surface area (Å²) in [6, 6.07) is 5.87. The molecule has 3 rings (SSSR count). The van der Waals surface area contributed by atoms with E-state index in [0.717, 1.165) is 56.2 Å². The molecule has 0 radical (unpaired) electrons. The topological polar surface area (TPSA) is 54.0 Å². The molecule has 138 valence electrons. The maximum absolute atomic E-state index is 12.3. The van der Waals surface area contributed by atoms with E-state index in [4.69, 9.17) is 9.47 Å². The molecule has 1 unspecified atom stereocenters. The lowest BCUT2D eigenvalue weighted by atomic mass is 10.1. The Morgan fingerprint density at radius 2 is 1.88 bits per heavy atom. The first-order valence-electron chi connectivity index (χ1n) is 9.21. The highest BCUT2D eigenvalue weighted by Crippen LogP contribution is 2.32. The molecule has 2 heterocycles. The molecular weight excluding hydrogens is 318 g/mol. The van der Waals surface area contributed by atoms with Gasteiger partial charge < -0.3 is 24.6 Å². The number of nitrogens with one attached hydrogen (secondary N) is 1. The number of ether oxygens (including phenoxy) is 2. The average molecular weight is 347 g/mol. The van der Waals surface area contributed by atoms with Gasteiger partial charge in [0, 0.05) is 45.6 Å². The van der Waals surface area contributed by atoms with Gasteiger partial charge >= 0.3 is 0 Å². The van der Waals surface area contributed by atoms with Crippen molar-refractivity contribution in [3.63, 3.8) is 0 Å². The van der Waals surface area contributed by atoms with Crippen LogP contribution in [0.3, 0.4) is 0 Å². The number of rotatable bonds is 5. The SMILES string of the molecule is CC(NC(=O)CCN1CCN(C)CC1)c1ccc2c(c1)OCCCO2. The van der Waals surface area contributed by atoms with E-state index < -0.39 is 0 Å². The minimum Gasteiger partial charge on any atom is -0.490 e. The van der Waals surface area contributed by atoms with E-state index in [9.17, 15) is 4.79 Å². The molecule has 25 heavy (non-hydrogen) atoms. The van der Waals surface area contributed by atoms with Gasteiger partial charge in [-0.25, -0.2) is 0 Å². The summed E-state index contributed by atoms with van der Waals surface area (Å²) in [5.74, 6) is 1.65. The van der Waals surface area contributed by atoms with E-state index in [1.807, 2.05) is 25.1 Å². The molecule has 1 saturated heterocycles. The molecule has 0 aliphatic carbocycles. The lowest BCUT2D eigenvalue weighted by Crippen LogP contribution is -2.45. The number of hydrogen-bond acceptors (Lipinski definition) is 5. The zero-order valence-corrected chi connectivity index (χ0v) is 15.3. The fourth-order valence-electron chi connectivity index (χ4n) is 3.18. The Morgan fingerprint density at radius 3 is 2.64 bits per heavy atom. The molecule has 1 aromatic rings. The minimum atomic E-state index is -0.0443. The van der Waals surface area contributed by atoms with Crippen molar-refractivity contribution < 1.29 is 14.3 Å². The third-order valence-corrected chi connectivity index (χ3v) is 4.90. The number of amides is 1. The first-order chi connectivity index (χ1) is 12.1. The molecule has 0 spiro atoms. The Hall–Kier alpha value is -1.79. The largest absolute Gasteiger partial charge is 0.490 e. The summed E-state index contributed by atoms with van der Waals surface area (Å²) in [7, 11) is 2.14. The highest BCUT2D eigenvalue weighted by atomic mass is 16.5. The Bertz CT molecular complexity index is 585. The lowest BCUT2D eigenvalue weighted by molar-refractivity contribution is -0.122. The highest BCUT2D eigenvalue weighted by molar-refractivity contribution is 5.76. The van der Waals surface area contributed by atoms with E-state index in [-0.39, 0.29) is 11.9 Å². The summed E-state index contributed by atoms with van der Waals surface area (Å²) >= 11 is 0. The summed E-state index contributed by atoms with van der Waals surface area (Å²) in [6.07, 6.45) is 1.43. The van der Waals surface area contributed by atoms with Gasteiger partial charge in [0.25, 0.3) is 0 Å². The van der Waals surface area contributed by atoms with Crippen LogP contribution in [0.2, 0.25) is 0 Å².